The molecule has 0 fully saturated rings. The van der Waals surface area contributed by atoms with Crippen molar-refractivity contribution in [1.82, 2.24) is 15.3 Å². The SMILES string of the molecule is CC(=O)N[C@@H](C)COc1cnc(Oc2ccc(C(=O)Nc3ccc(F)cc3)c(F)c2F)cn1. The third-order valence-corrected chi connectivity index (χ3v) is 4.14. The van der Waals surface area contributed by atoms with Gasteiger partial charge in [0.2, 0.25) is 23.5 Å². The van der Waals surface area contributed by atoms with Gasteiger partial charge in [-0.3, -0.25) is 9.59 Å². The van der Waals surface area contributed by atoms with Crippen LogP contribution in [0.25, 0.3) is 0 Å². The molecule has 2 N–H and O–H groups in total. The van der Waals surface area contributed by atoms with Gasteiger partial charge >= 0.3 is 0 Å². The Morgan fingerprint density at radius 2 is 1.64 bits per heavy atom. The van der Waals surface area contributed by atoms with E-state index in [4.69, 9.17) is 9.47 Å². The zero-order chi connectivity index (χ0) is 24.0. The molecule has 3 rings (SSSR count). The van der Waals surface area contributed by atoms with E-state index in [9.17, 15) is 22.8 Å². The second kappa shape index (κ2) is 10.4. The number of carbonyl (C=O) groups excluding carboxylic acids is 2. The van der Waals surface area contributed by atoms with Gasteiger partial charge in [-0.2, -0.15) is 4.39 Å². The number of nitrogens with one attached hydrogen (secondary N) is 2. The van der Waals surface area contributed by atoms with Crippen molar-refractivity contribution in [3.63, 3.8) is 0 Å². The summed E-state index contributed by atoms with van der Waals surface area (Å²) in [7, 11) is 0. The van der Waals surface area contributed by atoms with Gasteiger partial charge in [-0.1, -0.05) is 0 Å². The number of halogens is 3. The molecule has 0 unspecified atom stereocenters. The maximum Gasteiger partial charge on any atom is 0.258 e. The van der Waals surface area contributed by atoms with Crippen molar-refractivity contribution >= 4 is 17.5 Å². The first-order chi connectivity index (χ1) is 15.7. The van der Waals surface area contributed by atoms with E-state index in [1.165, 1.54) is 25.3 Å². The number of ether oxygens (including phenoxy) is 2. The average molecular weight is 460 g/mol. The van der Waals surface area contributed by atoms with Crippen LogP contribution in [0.15, 0.2) is 48.8 Å². The fraction of sp³-hybridized carbons (Fsp3) is 0.182. The number of carbonyl (C=O) groups is 2. The molecule has 2 amide bonds. The van der Waals surface area contributed by atoms with Crippen LogP contribution in [0.2, 0.25) is 0 Å². The molecule has 0 aliphatic heterocycles. The summed E-state index contributed by atoms with van der Waals surface area (Å²) in [6.45, 7) is 3.28. The molecule has 11 heteroatoms. The van der Waals surface area contributed by atoms with Gasteiger partial charge in [0.25, 0.3) is 5.91 Å². The van der Waals surface area contributed by atoms with E-state index in [-0.39, 0.29) is 36.0 Å². The molecular weight excluding hydrogens is 441 g/mol. The van der Waals surface area contributed by atoms with Crippen molar-refractivity contribution in [3.05, 3.63) is 71.8 Å². The van der Waals surface area contributed by atoms with Crippen molar-refractivity contribution in [1.29, 1.82) is 0 Å². The van der Waals surface area contributed by atoms with Crippen LogP contribution in [-0.4, -0.2) is 34.4 Å². The number of aromatic nitrogens is 2. The molecule has 1 heterocycles. The second-order valence-electron chi connectivity index (χ2n) is 6.91. The lowest BCUT2D eigenvalue weighted by molar-refractivity contribution is -0.119. The van der Waals surface area contributed by atoms with Gasteiger partial charge in [0.1, 0.15) is 12.4 Å². The number of benzene rings is 2. The summed E-state index contributed by atoms with van der Waals surface area (Å²) in [6, 6.07) is 6.66. The van der Waals surface area contributed by atoms with E-state index in [0.717, 1.165) is 30.5 Å². The fourth-order valence-corrected chi connectivity index (χ4v) is 2.66. The summed E-state index contributed by atoms with van der Waals surface area (Å²) in [5.74, 6) is -4.95. The number of rotatable bonds is 8. The van der Waals surface area contributed by atoms with Gasteiger partial charge in [-0.05, 0) is 43.3 Å². The number of hydrogen-bond acceptors (Lipinski definition) is 6. The van der Waals surface area contributed by atoms with Gasteiger partial charge in [-0.15, -0.1) is 0 Å². The molecule has 8 nitrogen and oxygen atoms in total. The molecule has 0 spiro atoms. The minimum absolute atomic E-state index is 0.138. The number of amides is 2. The van der Waals surface area contributed by atoms with Gasteiger partial charge in [0.05, 0.1) is 24.0 Å². The zero-order valence-electron chi connectivity index (χ0n) is 17.6. The lowest BCUT2D eigenvalue weighted by atomic mass is 10.1. The molecule has 1 aromatic heterocycles. The molecule has 3 aromatic rings. The van der Waals surface area contributed by atoms with Crippen LogP contribution in [0.5, 0.6) is 17.5 Å². The molecule has 0 saturated carbocycles. The van der Waals surface area contributed by atoms with E-state index in [2.05, 4.69) is 20.6 Å². The van der Waals surface area contributed by atoms with Gasteiger partial charge in [-0.25, -0.2) is 18.7 Å². The third-order valence-electron chi connectivity index (χ3n) is 4.14. The summed E-state index contributed by atoms with van der Waals surface area (Å²) in [5.41, 5.74) is -0.349. The van der Waals surface area contributed by atoms with Gasteiger partial charge < -0.3 is 20.1 Å². The minimum atomic E-state index is -1.42. The highest BCUT2D eigenvalue weighted by atomic mass is 19.2. The van der Waals surface area contributed by atoms with Crippen LogP contribution in [0.3, 0.4) is 0 Å². The Morgan fingerprint density at radius 1 is 0.970 bits per heavy atom. The third kappa shape index (κ3) is 6.42. The highest BCUT2D eigenvalue weighted by Gasteiger charge is 2.20. The Hall–Kier alpha value is -4.15. The van der Waals surface area contributed by atoms with Crippen molar-refractivity contribution in [3.8, 4) is 17.5 Å². The Balaban J connectivity index is 1.64. The molecular formula is C22H19F3N4O4. The summed E-state index contributed by atoms with van der Waals surface area (Å²) in [4.78, 5) is 31.1. The lowest BCUT2D eigenvalue weighted by Gasteiger charge is -2.13. The molecule has 0 radical (unpaired) electrons. The predicted octanol–water partition coefficient (Wildman–Crippen LogP) is 3.84. The Kier molecular flexibility index (Phi) is 7.44. The summed E-state index contributed by atoms with van der Waals surface area (Å²) >= 11 is 0. The molecule has 1 atom stereocenters. The Bertz CT molecular complexity index is 1140. The highest BCUT2D eigenvalue weighted by molar-refractivity contribution is 6.04. The van der Waals surface area contributed by atoms with Crippen LogP contribution in [0, 0.1) is 17.5 Å². The molecule has 0 saturated heterocycles. The van der Waals surface area contributed by atoms with Gasteiger partial charge in [0.15, 0.2) is 11.6 Å². The maximum absolute atomic E-state index is 14.5. The van der Waals surface area contributed by atoms with Crippen molar-refractivity contribution in [2.45, 2.75) is 19.9 Å². The van der Waals surface area contributed by atoms with Crippen molar-refractivity contribution in [2.24, 2.45) is 0 Å². The number of nitrogens with zero attached hydrogens (tertiary/aromatic N) is 2. The first kappa shape index (κ1) is 23.5. The lowest BCUT2D eigenvalue weighted by Crippen LogP contribution is -2.35. The zero-order valence-corrected chi connectivity index (χ0v) is 17.6. The first-order valence-corrected chi connectivity index (χ1v) is 9.67. The van der Waals surface area contributed by atoms with Crippen LogP contribution < -0.4 is 20.1 Å². The smallest absolute Gasteiger partial charge is 0.258 e. The second-order valence-corrected chi connectivity index (χ2v) is 6.91. The summed E-state index contributed by atoms with van der Waals surface area (Å²) in [6.07, 6.45) is 2.36. The Labute approximate surface area is 186 Å². The molecule has 2 aromatic carbocycles. The molecule has 172 valence electrons. The van der Waals surface area contributed by atoms with Crippen LogP contribution >= 0.6 is 0 Å². The van der Waals surface area contributed by atoms with Gasteiger partial charge in [0, 0.05) is 12.6 Å². The topological polar surface area (TPSA) is 102 Å². The van der Waals surface area contributed by atoms with E-state index < -0.39 is 34.7 Å². The molecule has 33 heavy (non-hydrogen) atoms. The standard InChI is InChI=1S/C22H19F3N4O4/c1-12(28-13(2)30)11-32-18-9-27-19(10-26-18)33-17-8-7-16(20(24)21(17)25)22(31)29-15-5-3-14(23)4-6-15/h3-10,12H,11H2,1-2H3,(H,28,30)(H,29,31)/t12-/m0/s1. The largest absolute Gasteiger partial charge is 0.474 e. The van der Waals surface area contributed by atoms with E-state index in [0.29, 0.717) is 0 Å². The van der Waals surface area contributed by atoms with E-state index >= 15 is 0 Å². The van der Waals surface area contributed by atoms with Crippen LogP contribution in [0.4, 0.5) is 18.9 Å². The normalized spacial score (nSPS) is 11.4. The van der Waals surface area contributed by atoms with E-state index in [1.807, 2.05) is 0 Å². The minimum Gasteiger partial charge on any atom is -0.474 e. The quantitative estimate of drug-likeness (QED) is 0.530. The summed E-state index contributed by atoms with van der Waals surface area (Å²) < 4.78 is 52.4. The molecule has 0 bridgehead atoms. The predicted molar refractivity (Wildman–Crippen MR) is 112 cm³/mol. The van der Waals surface area contributed by atoms with E-state index in [1.54, 1.807) is 6.92 Å². The highest BCUT2D eigenvalue weighted by Crippen LogP contribution is 2.27. The Morgan fingerprint density at radius 3 is 2.27 bits per heavy atom. The number of anilines is 1. The maximum atomic E-state index is 14.5. The van der Waals surface area contributed by atoms with Crippen LogP contribution in [-0.2, 0) is 4.79 Å². The average Bonchev–Trinajstić information content (AvgIpc) is 2.77. The fourth-order valence-electron chi connectivity index (χ4n) is 2.66. The molecule has 0 aliphatic carbocycles. The van der Waals surface area contributed by atoms with Crippen molar-refractivity contribution in [2.75, 3.05) is 11.9 Å². The summed E-state index contributed by atoms with van der Waals surface area (Å²) in [5, 5.41) is 4.99. The molecule has 0 aliphatic rings. The number of hydrogen-bond donors (Lipinski definition) is 2. The monoisotopic (exact) mass is 460 g/mol. The van der Waals surface area contributed by atoms with Crippen molar-refractivity contribution < 1.29 is 32.2 Å². The van der Waals surface area contributed by atoms with Crippen LogP contribution in [0.1, 0.15) is 24.2 Å². The first-order valence-electron chi connectivity index (χ1n) is 9.67.